The zero-order chi connectivity index (χ0) is 16.4. The van der Waals surface area contributed by atoms with Gasteiger partial charge in [0.25, 0.3) is 0 Å². The average Bonchev–Trinajstić information content (AvgIpc) is 3.14. The lowest BCUT2D eigenvalue weighted by molar-refractivity contribution is 0.309. The molecule has 0 fully saturated rings. The van der Waals surface area contributed by atoms with Gasteiger partial charge in [-0.1, -0.05) is 0 Å². The first-order valence-electron chi connectivity index (χ1n) is 7.35. The standard InChI is InChI=1S/C14H20N8O/c1-9-5-11(3)21(17-9)7-15-13-14(20-23-19-13)16-8-22-12(4)6-10(2)18-22/h5-6H,7-8H2,1-4H3,(H,15,19)(H,16,20). The summed E-state index contributed by atoms with van der Waals surface area (Å²) in [6.07, 6.45) is 0. The van der Waals surface area contributed by atoms with Crippen molar-refractivity contribution in [1.82, 2.24) is 29.9 Å². The van der Waals surface area contributed by atoms with Crippen molar-refractivity contribution in [2.24, 2.45) is 0 Å². The summed E-state index contributed by atoms with van der Waals surface area (Å²) in [5.74, 6) is 1.08. The van der Waals surface area contributed by atoms with Crippen molar-refractivity contribution < 1.29 is 4.63 Å². The normalized spacial score (nSPS) is 11.0. The van der Waals surface area contributed by atoms with Crippen molar-refractivity contribution in [2.75, 3.05) is 10.6 Å². The van der Waals surface area contributed by atoms with Crippen LogP contribution < -0.4 is 10.6 Å². The molecule has 9 nitrogen and oxygen atoms in total. The number of hydrogen-bond acceptors (Lipinski definition) is 7. The Morgan fingerprint density at radius 3 is 1.61 bits per heavy atom. The SMILES string of the molecule is Cc1cc(C)n(CNc2nonc2NCn2nc(C)cc2C)n1. The van der Waals surface area contributed by atoms with Crippen LogP contribution in [0.1, 0.15) is 22.8 Å². The lowest BCUT2D eigenvalue weighted by Crippen LogP contribution is -2.15. The maximum atomic E-state index is 4.81. The van der Waals surface area contributed by atoms with Crippen LogP contribution in [0.2, 0.25) is 0 Å². The minimum Gasteiger partial charge on any atom is -0.345 e. The van der Waals surface area contributed by atoms with Crippen LogP contribution in [0.3, 0.4) is 0 Å². The Hall–Kier alpha value is -2.84. The second-order valence-electron chi connectivity index (χ2n) is 5.48. The highest BCUT2D eigenvalue weighted by Crippen LogP contribution is 2.16. The second kappa shape index (κ2) is 6.11. The van der Waals surface area contributed by atoms with Gasteiger partial charge >= 0.3 is 0 Å². The van der Waals surface area contributed by atoms with E-state index < -0.39 is 0 Å². The van der Waals surface area contributed by atoms with Crippen molar-refractivity contribution in [2.45, 2.75) is 41.0 Å². The second-order valence-corrected chi connectivity index (χ2v) is 5.48. The largest absolute Gasteiger partial charge is 0.345 e. The first kappa shape index (κ1) is 15.1. The van der Waals surface area contributed by atoms with E-state index in [0.29, 0.717) is 25.0 Å². The molecule has 0 bridgehead atoms. The molecule has 0 unspecified atom stereocenters. The minimum atomic E-state index is 0.489. The molecule has 9 heteroatoms. The molecule has 0 spiro atoms. The Morgan fingerprint density at radius 2 is 1.26 bits per heavy atom. The van der Waals surface area contributed by atoms with Gasteiger partial charge in [-0.2, -0.15) is 10.2 Å². The van der Waals surface area contributed by atoms with E-state index in [1.54, 1.807) is 0 Å². The summed E-state index contributed by atoms with van der Waals surface area (Å²) in [6, 6.07) is 4.04. The molecule has 2 N–H and O–H groups in total. The molecule has 3 rings (SSSR count). The number of nitrogens with one attached hydrogen (secondary N) is 2. The number of anilines is 2. The van der Waals surface area contributed by atoms with Crippen LogP contribution in [0.5, 0.6) is 0 Å². The summed E-state index contributed by atoms with van der Waals surface area (Å²) >= 11 is 0. The van der Waals surface area contributed by atoms with Crippen LogP contribution in [0.15, 0.2) is 16.8 Å². The van der Waals surface area contributed by atoms with Gasteiger partial charge in [-0.25, -0.2) is 4.63 Å². The summed E-state index contributed by atoms with van der Waals surface area (Å²) in [5, 5.41) is 22.9. The molecule has 0 aliphatic heterocycles. The first-order chi connectivity index (χ1) is 11.0. The molecule has 0 aromatic carbocycles. The molecule has 3 aromatic rings. The summed E-state index contributed by atoms with van der Waals surface area (Å²) in [5.41, 5.74) is 4.10. The van der Waals surface area contributed by atoms with E-state index in [0.717, 1.165) is 22.8 Å². The molecule has 0 atom stereocenters. The summed E-state index contributed by atoms with van der Waals surface area (Å²) in [7, 11) is 0. The lowest BCUT2D eigenvalue weighted by atomic mass is 10.4. The zero-order valence-corrected chi connectivity index (χ0v) is 13.7. The topological polar surface area (TPSA) is 98.6 Å². The number of aryl methyl sites for hydroxylation is 4. The van der Waals surface area contributed by atoms with Crippen molar-refractivity contribution in [3.8, 4) is 0 Å². The summed E-state index contributed by atoms with van der Waals surface area (Å²) in [6.45, 7) is 8.91. The quantitative estimate of drug-likeness (QED) is 0.716. The van der Waals surface area contributed by atoms with Gasteiger partial charge in [0.2, 0.25) is 11.6 Å². The molecule has 0 aliphatic rings. The predicted molar refractivity (Wildman–Crippen MR) is 84.9 cm³/mol. The van der Waals surface area contributed by atoms with E-state index in [2.05, 4.69) is 31.1 Å². The van der Waals surface area contributed by atoms with Crippen LogP contribution in [-0.4, -0.2) is 29.9 Å². The third-order valence-electron chi connectivity index (χ3n) is 3.49. The van der Waals surface area contributed by atoms with Crippen LogP contribution >= 0.6 is 0 Å². The Kier molecular flexibility index (Phi) is 4.00. The fraction of sp³-hybridized carbons (Fsp3) is 0.429. The molecule has 23 heavy (non-hydrogen) atoms. The molecular weight excluding hydrogens is 296 g/mol. The van der Waals surface area contributed by atoms with Gasteiger partial charge in [0.05, 0.1) is 11.4 Å². The molecule has 0 aliphatic carbocycles. The number of rotatable bonds is 6. The monoisotopic (exact) mass is 316 g/mol. The molecule has 0 radical (unpaired) electrons. The Balaban J connectivity index is 1.63. The Morgan fingerprint density at radius 1 is 0.826 bits per heavy atom. The van der Waals surface area contributed by atoms with Crippen molar-refractivity contribution in [1.29, 1.82) is 0 Å². The molecule has 3 aromatic heterocycles. The molecular formula is C14H20N8O. The number of hydrogen-bond donors (Lipinski definition) is 2. The van der Waals surface area contributed by atoms with Gasteiger partial charge in [-0.3, -0.25) is 9.36 Å². The van der Waals surface area contributed by atoms with Crippen molar-refractivity contribution >= 4 is 11.6 Å². The zero-order valence-electron chi connectivity index (χ0n) is 13.7. The van der Waals surface area contributed by atoms with E-state index in [-0.39, 0.29) is 0 Å². The minimum absolute atomic E-state index is 0.489. The van der Waals surface area contributed by atoms with Gasteiger partial charge in [-0.15, -0.1) is 0 Å². The highest BCUT2D eigenvalue weighted by molar-refractivity contribution is 5.56. The molecule has 0 amide bonds. The Bertz CT molecular complexity index is 735. The van der Waals surface area contributed by atoms with Gasteiger partial charge < -0.3 is 10.6 Å². The Labute approximate surface area is 133 Å². The first-order valence-corrected chi connectivity index (χ1v) is 7.35. The van der Waals surface area contributed by atoms with Gasteiger partial charge in [0.1, 0.15) is 13.3 Å². The maximum absolute atomic E-state index is 4.81. The van der Waals surface area contributed by atoms with Crippen LogP contribution in [0, 0.1) is 27.7 Å². The van der Waals surface area contributed by atoms with E-state index in [4.69, 9.17) is 4.63 Å². The average molecular weight is 316 g/mol. The molecule has 0 saturated heterocycles. The van der Waals surface area contributed by atoms with Crippen molar-refractivity contribution in [3.63, 3.8) is 0 Å². The predicted octanol–water partition coefficient (Wildman–Crippen LogP) is 1.84. The highest BCUT2D eigenvalue weighted by Gasteiger charge is 2.11. The molecule has 122 valence electrons. The van der Waals surface area contributed by atoms with Crippen LogP contribution in [0.4, 0.5) is 11.6 Å². The number of aromatic nitrogens is 6. The third-order valence-corrected chi connectivity index (χ3v) is 3.49. The van der Waals surface area contributed by atoms with Gasteiger partial charge in [0, 0.05) is 11.4 Å². The lowest BCUT2D eigenvalue weighted by Gasteiger charge is -2.08. The van der Waals surface area contributed by atoms with Crippen molar-refractivity contribution in [3.05, 3.63) is 34.9 Å². The molecule has 0 saturated carbocycles. The van der Waals surface area contributed by atoms with Crippen LogP contribution in [-0.2, 0) is 13.3 Å². The summed E-state index contributed by atoms with van der Waals surface area (Å²) in [4.78, 5) is 0. The summed E-state index contributed by atoms with van der Waals surface area (Å²) < 4.78 is 8.52. The van der Waals surface area contributed by atoms with E-state index >= 15 is 0 Å². The van der Waals surface area contributed by atoms with E-state index in [1.165, 1.54) is 0 Å². The fourth-order valence-corrected chi connectivity index (χ4v) is 2.39. The van der Waals surface area contributed by atoms with Crippen LogP contribution in [0.25, 0.3) is 0 Å². The third kappa shape index (κ3) is 3.33. The smallest absolute Gasteiger partial charge is 0.216 e. The highest BCUT2D eigenvalue weighted by atomic mass is 16.6. The van der Waals surface area contributed by atoms with E-state index in [9.17, 15) is 0 Å². The fourth-order valence-electron chi connectivity index (χ4n) is 2.39. The van der Waals surface area contributed by atoms with E-state index in [1.807, 2.05) is 49.2 Å². The number of nitrogens with zero attached hydrogens (tertiary/aromatic N) is 6. The van der Waals surface area contributed by atoms with Gasteiger partial charge in [-0.05, 0) is 50.1 Å². The van der Waals surface area contributed by atoms with Gasteiger partial charge in [0.15, 0.2) is 0 Å². The maximum Gasteiger partial charge on any atom is 0.216 e. The molecule has 3 heterocycles.